The number of aromatic nitrogens is 1. The van der Waals surface area contributed by atoms with Crippen molar-refractivity contribution in [1.82, 2.24) is 9.88 Å². The van der Waals surface area contributed by atoms with E-state index in [1.807, 2.05) is 24.3 Å². The van der Waals surface area contributed by atoms with Gasteiger partial charge < -0.3 is 9.64 Å². The molecule has 2 fully saturated rings. The van der Waals surface area contributed by atoms with Gasteiger partial charge >= 0.3 is 0 Å². The number of morpholine rings is 1. The Kier molecular flexibility index (Phi) is 6.34. The molecule has 2 aliphatic rings. The maximum atomic E-state index is 9.11. The molecule has 0 bridgehead atoms. The van der Waals surface area contributed by atoms with Gasteiger partial charge in [-0.2, -0.15) is 5.26 Å². The summed E-state index contributed by atoms with van der Waals surface area (Å²) in [6, 6.07) is 16.9. The van der Waals surface area contributed by atoms with Crippen molar-refractivity contribution in [1.29, 1.82) is 5.26 Å². The monoisotopic (exact) mass is 410 g/mol. The summed E-state index contributed by atoms with van der Waals surface area (Å²) < 4.78 is 6.00. The van der Waals surface area contributed by atoms with Gasteiger partial charge in [0.05, 0.1) is 12.7 Å². The topological polar surface area (TPSA) is 52.4 Å². The summed E-state index contributed by atoms with van der Waals surface area (Å²) in [5.41, 5.74) is 1.78. The third-order valence-electron chi connectivity index (χ3n) is 6.00. The van der Waals surface area contributed by atoms with E-state index in [1.54, 1.807) is 6.07 Å². The molecular weight excluding hydrogens is 384 g/mol. The Morgan fingerprint density at radius 3 is 2.66 bits per heavy atom. The van der Waals surface area contributed by atoms with Gasteiger partial charge in [-0.25, -0.2) is 4.98 Å². The lowest BCUT2D eigenvalue weighted by Crippen LogP contribution is -2.56. The van der Waals surface area contributed by atoms with Crippen LogP contribution in [-0.2, 0) is 11.2 Å². The standard InChI is InChI=1S/C23H27ClN4O/c1-17-15-28(22(16-29-17)13-18-5-7-19(24)8-6-18)21-9-11-27(12-10-21)23-4-2-3-20(14-25)26-23/h2-8,17,21-22H,9-13,15-16H2,1H3/t17-,22-/m0/s1. The Bertz CT molecular complexity index is 858. The van der Waals surface area contributed by atoms with Crippen LogP contribution in [0.15, 0.2) is 42.5 Å². The number of hydrogen-bond donors (Lipinski definition) is 0. The molecule has 0 N–H and O–H groups in total. The first-order valence-corrected chi connectivity index (χ1v) is 10.7. The average Bonchev–Trinajstić information content (AvgIpc) is 2.76. The molecule has 3 heterocycles. The van der Waals surface area contributed by atoms with E-state index in [-0.39, 0.29) is 6.10 Å². The first-order valence-electron chi connectivity index (χ1n) is 10.4. The zero-order valence-electron chi connectivity index (χ0n) is 16.8. The van der Waals surface area contributed by atoms with Gasteiger partial charge in [-0.3, -0.25) is 4.90 Å². The molecule has 5 nitrogen and oxygen atoms in total. The fourth-order valence-electron chi connectivity index (χ4n) is 4.47. The highest BCUT2D eigenvalue weighted by molar-refractivity contribution is 6.30. The number of pyridine rings is 1. The van der Waals surface area contributed by atoms with E-state index in [0.717, 1.165) is 56.3 Å². The first kappa shape index (κ1) is 20.2. The van der Waals surface area contributed by atoms with Crippen LogP contribution in [0.2, 0.25) is 5.02 Å². The predicted molar refractivity (Wildman–Crippen MR) is 115 cm³/mol. The third-order valence-corrected chi connectivity index (χ3v) is 6.25. The van der Waals surface area contributed by atoms with E-state index in [1.165, 1.54) is 5.56 Å². The normalized spacial score (nSPS) is 23.7. The van der Waals surface area contributed by atoms with Crippen molar-refractivity contribution in [3.8, 4) is 6.07 Å². The van der Waals surface area contributed by atoms with Gasteiger partial charge in [-0.05, 0) is 56.0 Å². The summed E-state index contributed by atoms with van der Waals surface area (Å²) in [5, 5.41) is 9.88. The maximum Gasteiger partial charge on any atom is 0.142 e. The van der Waals surface area contributed by atoms with Crippen LogP contribution in [0.1, 0.15) is 31.0 Å². The summed E-state index contributed by atoms with van der Waals surface area (Å²) in [6.45, 7) is 5.84. The van der Waals surface area contributed by atoms with Gasteiger partial charge in [0.15, 0.2) is 0 Å². The highest BCUT2D eigenvalue weighted by Crippen LogP contribution is 2.27. The largest absolute Gasteiger partial charge is 0.376 e. The molecule has 0 amide bonds. The van der Waals surface area contributed by atoms with E-state index in [2.05, 4.69) is 39.9 Å². The van der Waals surface area contributed by atoms with Crippen LogP contribution in [0.3, 0.4) is 0 Å². The Balaban J connectivity index is 1.41. The van der Waals surface area contributed by atoms with Crippen molar-refractivity contribution in [2.24, 2.45) is 0 Å². The summed E-state index contributed by atoms with van der Waals surface area (Å²) >= 11 is 6.04. The van der Waals surface area contributed by atoms with Crippen molar-refractivity contribution in [3.05, 3.63) is 58.7 Å². The summed E-state index contributed by atoms with van der Waals surface area (Å²) in [6.07, 6.45) is 3.45. The van der Waals surface area contributed by atoms with Crippen LogP contribution in [0.4, 0.5) is 5.82 Å². The molecule has 4 rings (SSSR count). The highest BCUT2D eigenvalue weighted by atomic mass is 35.5. The van der Waals surface area contributed by atoms with E-state index in [0.29, 0.717) is 17.8 Å². The molecule has 0 radical (unpaired) electrons. The zero-order valence-corrected chi connectivity index (χ0v) is 17.6. The van der Waals surface area contributed by atoms with Crippen LogP contribution in [0.25, 0.3) is 0 Å². The van der Waals surface area contributed by atoms with Crippen molar-refractivity contribution in [2.75, 3.05) is 31.1 Å². The predicted octanol–water partition coefficient (Wildman–Crippen LogP) is 3.91. The van der Waals surface area contributed by atoms with Crippen LogP contribution >= 0.6 is 11.6 Å². The third kappa shape index (κ3) is 4.90. The van der Waals surface area contributed by atoms with Gasteiger partial charge in [0.1, 0.15) is 17.6 Å². The number of nitrogens with zero attached hydrogens (tertiary/aromatic N) is 4. The number of hydrogen-bond acceptors (Lipinski definition) is 5. The molecule has 2 aliphatic heterocycles. The molecule has 6 heteroatoms. The fraction of sp³-hybridized carbons (Fsp3) is 0.478. The van der Waals surface area contributed by atoms with Gasteiger partial charge in [0, 0.05) is 36.7 Å². The molecule has 2 saturated heterocycles. The summed E-state index contributed by atoms with van der Waals surface area (Å²) in [7, 11) is 0. The lowest BCUT2D eigenvalue weighted by molar-refractivity contribution is -0.0745. The number of nitriles is 1. The fourth-order valence-corrected chi connectivity index (χ4v) is 4.60. The summed E-state index contributed by atoms with van der Waals surface area (Å²) in [5.74, 6) is 0.913. The smallest absolute Gasteiger partial charge is 0.142 e. The van der Waals surface area contributed by atoms with Gasteiger partial charge in [-0.1, -0.05) is 29.8 Å². The molecule has 0 aliphatic carbocycles. The molecular formula is C23H27ClN4O. The van der Waals surface area contributed by atoms with Crippen LogP contribution in [0, 0.1) is 11.3 Å². The number of anilines is 1. The molecule has 152 valence electrons. The van der Waals surface area contributed by atoms with E-state index in [4.69, 9.17) is 21.6 Å². The van der Waals surface area contributed by atoms with Gasteiger partial charge in [-0.15, -0.1) is 0 Å². The molecule has 2 atom stereocenters. The quantitative estimate of drug-likeness (QED) is 0.764. The SMILES string of the molecule is C[C@H]1CN(C2CCN(c3cccc(C#N)n3)CC2)[C@@H](Cc2ccc(Cl)cc2)CO1. The van der Waals surface area contributed by atoms with Crippen molar-refractivity contribution in [2.45, 2.75) is 44.4 Å². The van der Waals surface area contributed by atoms with E-state index >= 15 is 0 Å². The molecule has 0 unspecified atom stereocenters. The second kappa shape index (κ2) is 9.13. The van der Waals surface area contributed by atoms with Crippen LogP contribution in [0.5, 0.6) is 0 Å². The highest BCUT2D eigenvalue weighted by Gasteiger charge is 2.34. The van der Waals surface area contributed by atoms with Crippen molar-refractivity contribution in [3.63, 3.8) is 0 Å². The minimum Gasteiger partial charge on any atom is -0.376 e. The minimum atomic E-state index is 0.267. The Morgan fingerprint density at radius 2 is 1.93 bits per heavy atom. The number of halogens is 1. The minimum absolute atomic E-state index is 0.267. The molecule has 0 saturated carbocycles. The first-order chi connectivity index (χ1) is 14.1. The van der Waals surface area contributed by atoms with Crippen LogP contribution < -0.4 is 4.90 Å². The zero-order chi connectivity index (χ0) is 20.2. The van der Waals surface area contributed by atoms with Gasteiger partial charge in [0.25, 0.3) is 0 Å². The number of ether oxygens (including phenoxy) is 1. The van der Waals surface area contributed by atoms with E-state index in [9.17, 15) is 0 Å². The molecule has 2 aromatic rings. The average molecular weight is 411 g/mol. The lowest BCUT2D eigenvalue weighted by Gasteiger charge is -2.46. The lowest BCUT2D eigenvalue weighted by atomic mass is 9.96. The molecule has 1 aromatic carbocycles. The summed E-state index contributed by atoms with van der Waals surface area (Å²) in [4.78, 5) is 9.43. The second-order valence-corrected chi connectivity index (χ2v) is 8.47. The number of piperidine rings is 1. The molecule has 1 aromatic heterocycles. The number of rotatable bonds is 4. The molecule has 29 heavy (non-hydrogen) atoms. The Labute approximate surface area is 177 Å². The van der Waals surface area contributed by atoms with E-state index < -0.39 is 0 Å². The molecule has 0 spiro atoms. The number of benzene rings is 1. The Hall–Kier alpha value is -2.13. The maximum absolute atomic E-state index is 9.11. The van der Waals surface area contributed by atoms with Crippen LogP contribution in [-0.4, -0.2) is 54.3 Å². The second-order valence-electron chi connectivity index (χ2n) is 8.04. The van der Waals surface area contributed by atoms with Crippen molar-refractivity contribution >= 4 is 17.4 Å². The Morgan fingerprint density at radius 1 is 1.17 bits per heavy atom. The van der Waals surface area contributed by atoms with Crippen molar-refractivity contribution < 1.29 is 4.74 Å². The van der Waals surface area contributed by atoms with Gasteiger partial charge in [0.2, 0.25) is 0 Å².